The van der Waals surface area contributed by atoms with Crippen LogP contribution < -0.4 is 10.6 Å². The Morgan fingerprint density at radius 2 is 1.63 bits per heavy atom. The predicted molar refractivity (Wildman–Crippen MR) is 107 cm³/mol. The van der Waals surface area contributed by atoms with E-state index < -0.39 is 0 Å². The third-order valence-corrected chi connectivity index (χ3v) is 5.19. The minimum absolute atomic E-state index is 0.0156. The zero-order valence-electron chi connectivity index (χ0n) is 15.9. The summed E-state index contributed by atoms with van der Waals surface area (Å²) in [6, 6.07) is 17.4. The van der Waals surface area contributed by atoms with Crippen LogP contribution in [0.15, 0.2) is 54.6 Å². The van der Waals surface area contributed by atoms with Gasteiger partial charge < -0.3 is 15.5 Å². The number of piperidine rings is 1. The summed E-state index contributed by atoms with van der Waals surface area (Å²) in [4.78, 5) is 26.8. The average molecular weight is 365 g/mol. The third kappa shape index (κ3) is 4.88. The van der Waals surface area contributed by atoms with E-state index in [2.05, 4.69) is 29.7 Å². The first-order chi connectivity index (χ1) is 13.0. The molecule has 1 heterocycles. The van der Waals surface area contributed by atoms with E-state index in [1.807, 2.05) is 49.4 Å². The van der Waals surface area contributed by atoms with Gasteiger partial charge in [-0.1, -0.05) is 42.5 Å². The lowest BCUT2D eigenvalue weighted by Crippen LogP contribution is -2.45. The number of anilines is 1. The highest BCUT2D eigenvalue weighted by Gasteiger charge is 2.28. The van der Waals surface area contributed by atoms with E-state index in [1.54, 1.807) is 4.90 Å². The maximum Gasteiger partial charge on any atom is 0.321 e. The first-order valence-electron chi connectivity index (χ1n) is 9.51. The van der Waals surface area contributed by atoms with E-state index in [0.717, 1.165) is 11.3 Å². The van der Waals surface area contributed by atoms with Gasteiger partial charge in [0.05, 0.1) is 6.04 Å². The number of likely N-dealkylation sites (tertiary alicyclic amines) is 1. The molecule has 2 aromatic carbocycles. The average Bonchev–Trinajstić information content (AvgIpc) is 2.69. The Labute approximate surface area is 160 Å². The second kappa shape index (κ2) is 8.71. The molecule has 1 aliphatic heterocycles. The molecule has 2 N–H and O–H groups in total. The summed E-state index contributed by atoms with van der Waals surface area (Å²) in [7, 11) is 0. The van der Waals surface area contributed by atoms with Crippen LogP contribution in [-0.4, -0.2) is 29.9 Å². The van der Waals surface area contributed by atoms with Gasteiger partial charge in [0.15, 0.2) is 0 Å². The number of benzene rings is 2. The highest BCUT2D eigenvalue weighted by Crippen LogP contribution is 2.22. The van der Waals surface area contributed by atoms with Gasteiger partial charge in [-0.3, -0.25) is 4.79 Å². The van der Waals surface area contributed by atoms with Crippen LogP contribution in [-0.2, 0) is 4.79 Å². The van der Waals surface area contributed by atoms with Crippen LogP contribution in [0.2, 0.25) is 0 Å². The van der Waals surface area contributed by atoms with Crippen molar-refractivity contribution in [3.63, 3.8) is 0 Å². The smallest absolute Gasteiger partial charge is 0.321 e. The maximum absolute atomic E-state index is 12.6. The Morgan fingerprint density at radius 3 is 2.30 bits per heavy atom. The van der Waals surface area contributed by atoms with Gasteiger partial charge in [-0.2, -0.15) is 0 Å². The van der Waals surface area contributed by atoms with Crippen LogP contribution in [0.4, 0.5) is 10.5 Å². The Balaban J connectivity index is 1.49. The van der Waals surface area contributed by atoms with Crippen molar-refractivity contribution < 1.29 is 9.59 Å². The molecule has 5 nitrogen and oxygen atoms in total. The molecule has 1 unspecified atom stereocenters. The summed E-state index contributed by atoms with van der Waals surface area (Å²) in [5.41, 5.74) is 3.11. The van der Waals surface area contributed by atoms with Gasteiger partial charge in [-0.25, -0.2) is 4.79 Å². The van der Waals surface area contributed by atoms with E-state index in [-0.39, 0.29) is 23.9 Å². The number of urea groups is 1. The molecule has 0 aromatic heterocycles. The summed E-state index contributed by atoms with van der Waals surface area (Å²) in [6.45, 7) is 5.26. The lowest BCUT2D eigenvalue weighted by atomic mass is 9.95. The van der Waals surface area contributed by atoms with Crippen molar-refractivity contribution in [2.24, 2.45) is 5.92 Å². The van der Waals surface area contributed by atoms with E-state index in [0.29, 0.717) is 25.9 Å². The van der Waals surface area contributed by atoms with Crippen molar-refractivity contribution in [2.75, 3.05) is 18.4 Å². The van der Waals surface area contributed by atoms with Gasteiger partial charge in [0.25, 0.3) is 0 Å². The molecule has 3 amide bonds. The first kappa shape index (κ1) is 19.0. The number of amides is 3. The van der Waals surface area contributed by atoms with Crippen molar-refractivity contribution in [1.82, 2.24) is 10.2 Å². The normalized spacial score (nSPS) is 15.9. The van der Waals surface area contributed by atoms with E-state index in [9.17, 15) is 9.59 Å². The van der Waals surface area contributed by atoms with Crippen LogP contribution in [0.25, 0.3) is 0 Å². The third-order valence-electron chi connectivity index (χ3n) is 5.19. The second-order valence-electron chi connectivity index (χ2n) is 7.14. The summed E-state index contributed by atoms with van der Waals surface area (Å²) in [5.74, 6) is 0.0334. The van der Waals surface area contributed by atoms with Crippen LogP contribution in [0, 0.1) is 12.8 Å². The largest absolute Gasteiger partial charge is 0.349 e. The Morgan fingerprint density at radius 1 is 1.00 bits per heavy atom. The zero-order chi connectivity index (χ0) is 19.2. The lowest BCUT2D eigenvalue weighted by Gasteiger charge is -2.32. The number of hydrogen-bond acceptors (Lipinski definition) is 2. The molecule has 0 radical (unpaired) electrons. The van der Waals surface area contributed by atoms with Gasteiger partial charge in [-0.15, -0.1) is 0 Å². The fourth-order valence-corrected chi connectivity index (χ4v) is 3.55. The van der Waals surface area contributed by atoms with Crippen LogP contribution in [0.1, 0.15) is 36.9 Å². The molecule has 0 spiro atoms. The van der Waals surface area contributed by atoms with Crippen molar-refractivity contribution in [1.29, 1.82) is 0 Å². The Bertz CT molecular complexity index is 783. The number of carbonyl (C=O) groups excluding carboxylic acids is 2. The monoisotopic (exact) mass is 365 g/mol. The molecule has 0 bridgehead atoms. The van der Waals surface area contributed by atoms with Gasteiger partial charge in [0.2, 0.25) is 5.91 Å². The number of aryl methyl sites for hydroxylation is 1. The van der Waals surface area contributed by atoms with Crippen molar-refractivity contribution in [3.05, 3.63) is 65.7 Å². The molecule has 27 heavy (non-hydrogen) atoms. The number of nitrogens with zero attached hydrogens (tertiary/aromatic N) is 1. The quantitative estimate of drug-likeness (QED) is 0.856. The lowest BCUT2D eigenvalue weighted by molar-refractivity contribution is -0.126. The molecule has 1 fully saturated rings. The van der Waals surface area contributed by atoms with Crippen molar-refractivity contribution in [2.45, 2.75) is 32.7 Å². The first-order valence-corrected chi connectivity index (χ1v) is 9.51. The Kier molecular flexibility index (Phi) is 6.12. The molecule has 2 aromatic rings. The molecule has 1 aliphatic rings. The number of carbonyl (C=O) groups is 2. The number of nitrogens with one attached hydrogen (secondary N) is 2. The fourth-order valence-electron chi connectivity index (χ4n) is 3.55. The maximum atomic E-state index is 12.6. The topological polar surface area (TPSA) is 61.4 Å². The standard InChI is InChI=1S/C22H27N3O2/c1-16-8-6-7-11-20(16)17(2)23-21(26)18-12-14-25(15-13-18)22(27)24-19-9-4-3-5-10-19/h3-11,17-18H,12-15H2,1-2H3,(H,23,26)(H,24,27). The van der Waals surface area contributed by atoms with Crippen LogP contribution in [0.5, 0.6) is 0 Å². The van der Waals surface area contributed by atoms with Gasteiger partial charge in [0, 0.05) is 24.7 Å². The SMILES string of the molecule is Cc1ccccc1C(C)NC(=O)C1CCN(C(=O)Nc2ccccc2)CC1. The summed E-state index contributed by atoms with van der Waals surface area (Å²) >= 11 is 0. The molecule has 142 valence electrons. The molecule has 3 rings (SSSR count). The van der Waals surface area contributed by atoms with E-state index in [1.165, 1.54) is 5.56 Å². The molecule has 0 aliphatic carbocycles. The molecule has 1 atom stereocenters. The minimum atomic E-state index is -0.103. The highest BCUT2D eigenvalue weighted by molar-refractivity contribution is 5.89. The van der Waals surface area contributed by atoms with Gasteiger partial charge >= 0.3 is 6.03 Å². The highest BCUT2D eigenvalue weighted by atomic mass is 16.2. The van der Waals surface area contributed by atoms with Crippen molar-refractivity contribution in [3.8, 4) is 0 Å². The number of rotatable bonds is 4. The summed E-state index contributed by atoms with van der Waals surface area (Å²) in [5, 5.41) is 6.03. The van der Waals surface area contributed by atoms with Gasteiger partial charge in [-0.05, 0) is 49.9 Å². The minimum Gasteiger partial charge on any atom is -0.349 e. The molecule has 1 saturated heterocycles. The molecular weight excluding hydrogens is 338 g/mol. The zero-order valence-corrected chi connectivity index (χ0v) is 15.9. The molecular formula is C22H27N3O2. The second-order valence-corrected chi connectivity index (χ2v) is 7.14. The van der Waals surface area contributed by atoms with Crippen molar-refractivity contribution >= 4 is 17.6 Å². The van der Waals surface area contributed by atoms with E-state index in [4.69, 9.17) is 0 Å². The molecule has 5 heteroatoms. The predicted octanol–water partition coefficient (Wildman–Crippen LogP) is 4.12. The van der Waals surface area contributed by atoms with Crippen LogP contribution in [0.3, 0.4) is 0 Å². The fraction of sp³-hybridized carbons (Fsp3) is 0.364. The number of hydrogen-bond donors (Lipinski definition) is 2. The number of para-hydroxylation sites is 1. The summed E-state index contributed by atoms with van der Waals surface area (Å²) < 4.78 is 0. The van der Waals surface area contributed by atoms with Gasteiger partial charge in [0.1, 0.15) is 0 Å². The summed E-state index contributed by atoms with van der Waals surface area (Å²) in [6.07, 6.45) is 1.38. The van der Waals surface area contributed by atoms with E-state index >= 15 is 0 Å². The van der Waals surface area contributed by atoms with Crippen LogP contribution >= 0.6 is 0 Å². The Hall–Kier alpha value is -2.82. The molecule has 0 saturated carbocycles.